The van der Waals surface area contributed by atoms with Gasteiger partial charge in [0.15, 0.2) is 5.78 Å². The topological polar surface area (TPSA) is 22.0 Å². The fourth-order valence-corrected chi connectivity index (χ4v) is 2.53. The first-order valence-electron chi connectivity index (χ1n) is 6.48. The first-order chi connectivity index (χ1) is 9.63. The third-order valence-corrected chi connectivity index (χ3v) is 3.63. The third-order valence-electron chi connectivity index (χ3n) is 3.39. The molecule has 3 rings (SSSR count). The first kappa shape index (κ1) is 12.9. The van der Waals surface area contributed by atoms with Crippen LogP contribution < -0.4 is 0 Å². The quantitative estimate of drug-likeness (QED) is 0.649. The van der Waals surface area contributed by atoms with Gasteiger partial charge in [0.05, 0.1) is 6.54 Å². The summed E-state index contributed by atoms with van der Waals surface area (Å²) in [5, 5.41) is 1.77. The van der Waals surface area contributed by atoms with Crippen molar-refractivity contribution in [1.82, 2.24) is 4.57 Å². The van der Waals surface area contributed by atoms with Crippen LogP contribution in [0.1, 0.15) is 15.9 Å². The van der Waals surface area contributed by atoms with Crippen LogP contribution in [0, 0.1) is 6.92 Å². The number of carbonyl (C=O) groups is 1. The Bertz CT molecular complexity index is 789. The number of aryl methyl sites for hydroxylation is 1. The molecular weight excluding hydrogens is 270 g/mol. The van der Waals surface area contributed by atoms with Gasteiger partial charge in [0, 0.05) is 22.3 Å². The van der Waals surface area contributed by atoms with Crippen molar-refractivity contribution in [3.8, 4) is 0 Å². The Morgan fingerprint density at radius 1 is 1.15 bits per heavy atom. The van der Waals surface area contributed by atoms with E-state index in [0.29, 0.717) is 11.6 Å². The molecule has 0 spiro atoms. The molecule has 2 aromatic carbocycles. The molecule has 3 heteroatoms. The molecule has 0 fully saturated rings. The summed E-state index contributed by atoms with van der Waals surface area (Å²) in [6.07, 6.45) is 1.93. The van der Waals surface area contributed by atoms with Crippen molar-refractivity contribution in [2.24, 2.45) is 0 Å². The summed E-state index contributed by atoms with van der Waals surface area (Å²) >= 11 is 6.02. The van der Waals surface area contributed by atoms with E-state index in [9.17, 15) is 4.79 Å². The van der Waals surface area contributed by atoms with E-state index >= 15 is 0 Å². The summed E-state index contributed by atoms with van der Waals surface area (Å²) in [6.45, 7) is 2.31. The van der Waals surface area contributed by atoms with Crippen LogP contribution in [0.3, 0.4) is 0 Å². The standard InChI is InChI=1S/C17H14ClNO/c1-12-3-2-4-14(9-12)17(20)11-19-8-7-13-5-6-15(18)10-16(13)19/h2-10H,11H2,1H3. The number of rotatable bonds is 3. The molecule has 0 atom stereocenters. The summed E-state index contributed by atoms with van der Waals surface area (Å²) in [5.74, 6) is 0.103. The molecule has 0 aliphatic rings. The van der Waals surface area contributed by atoms with Crippen LogP contribution in [0.5, 0.6) is 0 Å². The third kappa shape index (κ3) is 2.47. The second-order valence-corrected chi connectivity index (χ2v) is 5.38. The number of hydrogen-bond acceptors (Lipinski definition) is 1. The zero-order valence-corrected chi connectivity index (χ0v) is 11.9. The lowest BCUT2D eigenvalue weighted by Crippen LogP contribution is -2.09. The lowest BCUT2D eigenvalue weighted by Gasteiger charge is -2.06. The number of carbonyl (C=O) groups excluding carboxylic acids is 1. The van der Waals surface area contributed by atoms with Crippen LogP contribution in [0.15, 0.2) is 54.7 Å². The van der Waals surface area contributed by atoms with Gasteiger partial charge in [-0.2, -0.15) is 0 Å². The van der Waals surface area contributed by atoms with Crippen LogP contribution in [-0.2, 0) is 6.54 Å². The molecule has 0 N–H and O–H groups in total. The maximum absolute atomic E-state index is 12.3. The van der Waals surface area contributed by atoms with Crippen molar-refractivity contribution < 1.29 is 4.79 Å². The Kier molecular flexibility index (Phi) is 3.33. The largest absolute Gasteiger partial charge is 0.340 e. The van der Waals surface area contributed by atoms with Crippen molar-refractivity contribution in [3.05, 3.63) is 70.9 Å². The summed E-state index contributed by atoms with van der Waals surface area (Å²) in [5.41, 5.74) is 2.82. The average molecular weight is 284 g/mol. The number of nitrogens with zero attached hydrogens (tertiary/aromatic N) is 1. The van der Waals surface area contributed by atoms with Crippen LogP contribution in [0.4, 0.5) is 0 Å². The maximum atomic E-state index is 12.3. The van der Waals surface area contributed by atoms with Gasteiger partial charge in [-0.25, -0.2) is 0 Å². The SMILES string of the molecule is Cc1cccc(C(=O)Cn2ccc3ccc(Cl)cc32)c1. The highest BCUT2D eigenvalue weighted by Gasteiger charge is 2.09. The van der Waals surface area contributed by atoms with Gasteiger partial charge < -0.3 is 4.57 Å². The zero-order valence-electron chi connectivity index (χ0n) is 11.1. The summed E-state index contributed by atoms with van der Waals surface area (Å²) in [7, 11) is 0. The van der Waals surface area contributed by atoms with Gasteiger partial charge >= 0.3 is 0 Å². The molecule has 0 bridgehead atoms. The Hall–Kier alpha value is -2.06. The van der Waals surface area contributed by atoms with E-state index in [1.807, 2.05) is 66.2 Å². The number of ketones is 1. The van der Waals surface area contributed by atoms with Crippen LogP contribution in [-0.4, -0.2) is 10.4 Å². The van der Waals surface area contributed by atoms with Crippen LogP contribution in [0.2, 0.25) is 5.02 Å². The number of benzene rings is 2. The molecule has 20 heavy (non-hydrogen) atoms. The number of Topliss-reactive ketones (excluding diaryl/α,β-unsaturated/α-hetero) is 1. The van der Waals surface area contributed by atoms with E-state index in [0.717, 1.165) is 22.0 Å². The molecule has 0 aliphatic heterocycles. The minimum atomic E-state index is 0.103. The predicted molar refractivity (Wildman–Crippen MR) is 82.5 cm³/mol. The van der Waals surface area contributed by atoms with Gasteiger partial charge in [-0.3, -0.25) is 4.79 Å². The highest BCUT2D eigenvalue weighted by atomic mass is 35.5. The summed E-state index contributed by atoms with van der Waals surface area (Å²) < 4.78 is 1.94. The zero-order chi connectivity index (χ0) is 14.1. The highest BCUT2D eigenvalue weighted by Crippen LogP contribution is 2.21. The molecule has 0 unspecified atom stereocenters. The van der Waals surface area contributed by atoms with Crippen molar-refractivity contribution in [3.63, 3.8) is 0 Å². The van der Waals surface area contributed by atoms with Crippen molar-refractivity contribution in [2.45, 2.75) is 13.5 Å². The minimum Gasteiger partial charge on any atom is -0.340 e. The van der Waals surface area contributed by atoms with Gasteiger partial charge in [0.2, 0.25) is 0 Å². The van der Waals surface area contributed by atoms with Crippen molar-refractivity contribution in [2.75, 3.05) is 0 Å². The predicted octanol–water partition coefficient (Wildman–Crippen LogP) is 4.49. The molecule has 3 aromatic rings. The second-order valence-electron chi connectivity index (χ2n) is 4.94. The monoisotopic (exact) mass is 283 g/mol. The van der Waals surface area contributed by atoms with E-state index in [2.05, 4.69) is 0 Å². The van der Waals surface area contributed by atoms with Crippen LogP contribution in [0.25, 0.3) is 10.9 Å². The minimum absolute atomic E-state index is 0.103. The molecular formula is C17H14ClNO. The molecule has 1 heterocycles. The molecule has 1 aromatic heterocycles. The van der Waals surface area contributed by atoms with Crippen LogP contribution >= 0.6 is 11.6 Å². The molecule has 2 nitrogen and oxygen atoms in total. The van der Waals surface area contributed by atoms with E-state index in [-0.39, 0.29) is 5.78 Å². The van der Waals surface area contributed by atoms with Gasteiger partial charge in [-0.1, -0.05) is 41.4 Å². The van der Waals surface area contributed by atoms with Gasteiger partial charge in [0.1, 0.15) is 0 Å². The first-order valence-corrected chi connectivity index (χ1v) is 6.85. The fourth-order valence-electron chi connectivity index (χ4n) is 2.36. The lowest BCUT2D eigenvalue weighted by atomic mass is 10.1. The molecule has 0 radical (unpaired) electrons. The van der Waals surface area contributed by atoms with E-state index in [4.69, 9.17) is 11.6 Å². The Morgan fingerprint density at radius 2 is 2.00 bits per heavy atom. The molecule has 0 saturated heterocycles. The summed E-state index contributed by atoms with van der Waals surface area (Å²) in [4.78, 5) is 12.3. The van der Waals surface area contributed by atoms with Crippen molar-refractivity contribution in [1.29, 1.82) is 0 Å². The Balaban J connectivity index is 1.93. The average Bonchev–Trinajstić information content (AvgIpc) is 2.81. The van der Waals surface area contributed by atoms with Gasteiger partial charge in [-0.05, 0) is 36.6 Å². The summed E-state index contributed by atoms with van der Waals surface area (Å²) in [6, 6.07) is 15.4. The van der Waals surface area contributed by atoms with E-state index in [1.54, 1.807) is 0 Å². The smallest absolute Gasteiger partial charge is 0.182 e. The molecule has 0 aliphatic carbocycles. The molecule has 100 valence electrons. The number of hydrogen-bond donors (Lipinski definition) is 0. The normalized spacial score (nSPS) is 10.9. The number of halogens is 1. The molecule has 0 saturated carbocycles. The van der Waals surface area contributed by atoms with Gasteiger partial charge in [-0.15, -0.1) is 0 Å². The molecule has 0 amide bonds. The fraction of sp³-hybridized carbons (Fsp3) is 0.118. The number of fused-ring (bicyclic) bond motifs is 1. The second kappa shape index (κ2) is 5.14. The number of aromatic nitrogens is 1. The van der Waals surface area contributed by atoms with E-state index < -0.39 is 0 Å². The Morgan fingerprint density at radius 3 is 2.80 bits per heavy atom. The lowest BCUT2D eigenvalue weighted by molar-refractivity contribution is 0.0973. The Labute approximate surface area is 122 Å². The van der Waals surface area contributed by atoms with Gasteiger partial charge in [0.25, 0.3) is 0 Å². The highest BCUT2D eigenvalue weighted by molar-refractivity contribution is 6.31. The maximum Gasteiger partial charge on any atom is 0.182 e. The van der Waals surface area contributed by atoms with E-state index in [1.165, 1.54) is 0 Å². The van der Waals surface area contributed by atoms with Crippen molar-refractivity contribution >= 4 is 28.3 Å².